The minimum Gasteiger partial charge on any atom is -0.295 e. The molecule has 0 aromatic carbocycles. The lowest BCUT2D eigenvalue weighted by molar-refractivity contribution is -0.0517. The number of piperidine rings is 1. The van der Waals surface area contributed by atoms with Crippen LogP contribution in [0.3, 0.4) is 0 Å². The summed E-state index contributed by atoms with van der Waals surface area (Å²) in [4.78, 5) is 2.91. The largest absolute Gasteiger partial charge is 0.295 e. The normalized spacial score (nSPS) is 35.8. The molecular weight excluding hydrogens is 182 g/mol. The molecular formula is C14H25N. The van der Waals surface area contributed by atoms with Crippen molar-refractivity contribution in [1.82, 2.24) is 4.90 Å². The Labute approximate surface area is 94.2 Å². The molecule has 15 heavy (non-hydrogen) atoms. The Morgan fingerprint density at radius 3 is 2.33 bits per heavy atom. The second-order valence-electron chi connectivity index (χ2n) is 6.50. The lowest BCUT2D eigenvalue weighted by atomic mass is 9.65. The van der Waals surface area contributed by atoms with E-state index in [1.165, 1.54) is 51.5 Å². The molecule has 0 bridgehead atoms. The van der Waals surface area contributed by atoms with Crippen molar-refractivity contribution < 1.29 is 0 Å². The Hall–Kier alpha value is -0.0400. The predicted molar refractivity (Wildman–Crippen MR) is 63.9 cm³/mol. The molecule has 0 amide bonds. The Balaban J connectivity index is 1.72. The summed E-state index contributed by atoms with van der Waals surface area (Å²) in [5, 5.41) is 0. The Kier molecular flexibility index (Phi) is 2.35. The van der Waals surface area contributed by atoms with Gasteiger partial charge in [-0.3, -0.25) is 4.90 Å². The second-order valence-corrected chi connectivity index (χ2v) is 6.50. The Morgan fingerprint density at radius 2 is 1.87 bits per heavy atom. The average molecular weight is 207 g/mol. The van der Waals surface area contributed by atoms with E-state index in [1.54, 1.807) is 0 Å². The highest BCUT2D eigenvalue weighted by atomic mass is 15.3. The van der Waals surface area contributed by atoms with Crippen molar-refractivity contribution >= 4 is 0 Å². The lowest BCUT2D eigenvalue weighted by Gasteiger charge is -2.56. The molecule has 0 radical (unpaired) electrons. The van der Waals surface area contributed by atoms with E-state index in [2.05, 4.69) is 18.7 Å². The second kappa shape index (κ2) is 3.48. The number of rotatable bonds is 2. The van der Waals surface area contributed by atoms with Crippen LogP contribution in [-0.4, -0.2) is 23.0 Å². The zero-order valence-electron chi connectivity index (χ0n) is 10.3. The molecule has 86 valence electrons. The third-order valence-electron chi connectivity index (χ3n) is 5.21. The van der Waals surface area contributed by atoms with Crippen LogP contribution in [0.25, 0.3) is 0 Å². The summed E-state index contributed by atoms with van der Waals surface area (Å²) in [7, 11) is 0. The molecule has 1 aliphatic heterocycles. The highest BCUT2D eigenvalue weighted by Gasteiger charge is 2.51. The molecule has 1 heterocycles. The molecule has 1 spiro atoms. The van der Waals surface area contributed by atoms with E-state index in [-0.39, 0.29) is 0 Å². The van der Waals surface area contributed by atoms with Crippen molar-refractivity contribution in [3.63, 3.8) is 0 Å². The maximum atomic E-state index is 2.91. The summed E-state index contributed by atoms with van der Waals surface area (Å²) in [5.74, 6) is 1.92. The monoisotopic (exact) mass is 207 g/mol. The van der Waals surface area contributed by atoms with Crippen LogP contribution in [0.15, 0.2) is 0 Å². The summed E-state index contributed by atoms with van der Waals surface area (Å²) >= 11 is 0. The van der Waals surface area contributed by atoms with Crippen LogP contribution in [0.5, 0.6) is 0 Å². The maximum absolute atomic E-state index is 2.91. The fourth-order valence-corrected chi connectivity index (χ4v) is 3.85. The van der Waals surface area contributed by atoms with E-state index < -0.39 is 0 Å². The fraction of sp³-hybridized carbons (Fsp3) is 1.00. The van der Waals surface area contributed by atoms with E-state index in [4.69, 9.17) is 0 Å². The third-order valence-corrected chi connectivity index (χ3v) is 5.21. The molecule has 3 fully saturated rings. The van der Waals surface area contributed by atoms with Gasteiger partial charge in [0.05, 0.1) is 0 Å². The topological polar surface area (TPSA) is 3.24 Å². The summed E-state index contributed by atoms with van der Waals surface area (Å²) in [6.07, 6.45) is 10.5. The third kappa shape index (κ3) is 1.63. The van der Waals surface area contributed by atoms with E-state index in [0.717, 1.165) is 17.9 Å². The van der Waals surface area contributed by atoms with Gasteiger partial charge in [-0.2, -0.15) is 0 Å². The molecule has 0 aromatic heterocycles. The lowest BCUT2D eigenvalue weighted by Crippen LogP contribution is -2.59. The van der Waals surface area contributed by atoms with Crippen LogP contribution in [0, 0.1) is 11.8 Å². The zero-order chi connectivity index (χ0) is 10.5. The Morgan fingerprint density at radius 1 is 1.13 bits per heavy atom. The van der Waals surface area contributed by atoms with Crippen LogP contribution >= 0.6 is 0 Å². The first-order valence-corrected chi connectivity index (χ1v) is 6.98. The van der Waals surface area contributed by atoms with Gasteiger partial charge in [0, 0.05) is 11.6 Å². The quantitative estimate of drug-likeness (QED) is 0.670. The van der Waals surface area contributed by atoms with Gasteiger partial charge in [0.2, 0.25) is 0 Å². The summed E-state index contributed by atoms with van der Waals surface area (Å²) in [6.45, 7) is 6.25. The maximum Gasteiger partial charge on any atom is 0.0215 e. The van der Waals surface area contributed by atoms with E-state index in [1.807, 2.05) is 0 Å². The number of likely N-dealkylation sites (tertiary alicyclic amines) is 1. The SMILES string of the molecule is CC(C)C1CCN(C2CC2)C2(CCC2)C1. The van der Waals surface area contributed by atoms with E-state index >= 15 is 0 Å². The van der Waals surface area contributed by atoms with Crippen molar-refractivity contribution in [3.05, 3.63) is 0 Å². The molecule has 1 saturated heterocycles. The summed E-state index contributed by atoms with van der Waals surface area (Å²) in [6, 6.07) is 0.999. The van der Waals surface area contributed by atoms with Gasteiger partial charge in [-0.05, 0) is 63.3 Å². The molecule has 2 saturated carbocycles. The van der Waals surface area contributed by atoms with Crippen LogP contribution in [0.2, 0.25) is 0 Å². The number of nitrogens with zero attached hydrogens (tertiary/aromatic N) is 1. The van der Waals surface area contributed by atoms with Crippen molar-refractivity contribution in [3.8, 4) is 0 Å². The minimum absolute atomic E-state index is 0.689. The predicted octanol–water partition coefficient (Wildman–Crippen LogP) is 3.44. The number of hydrogen-bond donors (Lipinski definition) is 0. The van der Waals surface area contributed by atoms with Crippen LogP contribution < -0.4 is 0 Å². The molecule has 0 aromatic rings. The summed E-state index contributed by atoms with van der Waals surface area (Å²) < 4.78 is 0. The molecule has 0 N–H and O–H groups in total. The van der Waals surface area contributed by atoms with Gasteiger partial charge in [-0.25, -0.2) is 0 Å². The van der Waals surface area contributed by atoms with Crippen molar-refractivity contribution in [2.45, 2.75) is 70.4 Å². The molecule has 3 rings (SSSR count). The van der Waals surface area contributed by atoms with E-state index in [9.17, 15) is 0 Å². The minimum atomic E-state index is 0.689. The van der Waals surface area contributed by atoms with Crippen molar-refractivity contribution in [2.24, 2.45) is 11.8 Å². The van der Waals surface area contributed by atoms with Crippen LogP contribution in [0.1, 0.15) is 58.8 Å². The zero-order valence-corrected chi connectivity index (χ0v) is 10.3. The van der Waals surface area contributed by atoms with E-state index in [0.29, 0.717) is 5.54 Å². The van der Waals surface area contributed by atoms with Gasteiger partial charge < -0.3 is 0 Å². The standard InChI is InChI=1S/C14H25N/c1-11(2)12-6-9-15(13-4-5-13)14(10-12)7-3-8-14/h11-13H,3-10H2,1-2H3. The van der Waals surface area contributed by atoms with Crippen LogP contribution in [-0.2, 0) is 0 Å². The van der Waals surface area contributed by atoms with Gasteiger partial charge in [-0.1, -0.05) is 13.8 Å². The molecule has 1 heteroatoms. The molecule has 1 unspecified atom stereocenters. The first kappa shape index (κ1) is 10.1. The molecule has 2 aliphatic carbocycles. The van der Waals surface area contributed by atoms with Crippen molar-refractivity contribution in [2.75, 3.05) is 6.54 Å². The highest BCUT2D eigenvalue weighted by Crippen LogP contribution is 2.51. The summed E-state index contributed by atoms with van der Waals surface area (Å²) in [5.41, 5.74) is 0.689. The average Bonchev–Trinajstić information content (AvgIpc) is 2.97. The first-order valence-electron chi connectivity index (χ1n) is 6.98. The van der Waals surface area contributed by atoms with Gasteiger partial charge >= 0.3 is 0 Å². The van der Waals surface area contributed by atoms with Gasteiger partial charge in [0.25, 0.3) is 0 Å². The fourth-order valence-electron chi connectivity index (χ4n) is 3.85. The molecule has 1 atom stereocenters. The van der Waals surface area contributed by atoms with Crippen LogP contribution in [0.4, 0.5) is 0 Å². The van der Waals surface area contributed by atoms with Gasteiger partial charge in [0.15, 0.2) is 0 Å². The first-order chi connectivity index (χ1) is 7.21. The Bertz CT molecular complexity index is 238. The highest BCUT2D eigenvalue weighted by molar-refractivity contribution is 5.06. The molecule has 1 nitrogen and oxygen atoms in total. The molecule has 3 aliphatic rings. The number of hydrogen-bond acceptors (Lipinski definition) is 1. The van der Waals surface area contributed by atoms with Crippen molar-refractivity contribution in [1.29, 1.82) is 0 Å². The smallest absolute Gasteiger partial charge is 0.0215 e. The van der Waals surface area contributed by atoms with Gasteiger partial charge in [-0.15, -0.1) is 0 Å². The van der Waals surface area contributed by atoms with Gasteiger partial charge in [0.1, 0.15) is 0 Å².